The van der Waals surface area contributed by atoms with Gasteiger partial charge in [0.05, 0.1) is 26.4 Å². The highest BCUT2D eigenvalue weighted by Gasteiger charge is 2.30. The van der Waals surface area contributed by atoms with Crippen LogP contribution in [-0.2, 0) is 65.4 Å². The van der Waals surface area contributed by atoms with Crippen LogP contribution < -0.4 is 0 Å². The van der Waals surface area contributed by atoms with Gasteiger partial charge in [-0.05, 0) is 161 Å². The molecule has 3 N–H and O–H groups in total. The first-order valence-electron chi connectivity index (χ1n) is 40.1. The Bertz CT molecular complexity index is 2540. The molecule has 104 heavy (non-hydrogen) atoms. The average molecular weight is 1500 g/mol. The lowest BCUT2D eigenvalue weighted by Crippen LogP contribution is -2.30. The Labute approximate surface area is 630 Å². The van der Waals surface area contributed by atoms with Crippen molar-refractivity contribution in [3.05, 3.63) is 146 Å². The lowest BCUT2D eigenvalue weighted by atomic mass is 10.1. The molecule has 0 aromatic rings. The first-order valence-corrected chi connectivity index (χ1v) is 43.1. The highest BCUT2D eigenvalue weighted by Crippen LogP contribution is 2.45. The molecule has 19 heteroatoms. The molecule has 0 fully saturated rings. The van der Waals surface area contributed by atoms with E-state index < -0.39 is 97.5 Å². The van der Waals surface area contributed by atoms with Gasteiger partial charge in [0.2, 0.25) is 0 Å². The molecule has 0 saturated heterocycles. The lowest BCUT2D eigenvalue weighted by molar-refractivity contribution is -0.161. The van der Waals surface area contributed by atoms with Gasteiger partial charge in [-0.25, -0.2) is 9.13 Å². The third kappa shape index (κ3) is 75.2. The summed E-state index contributed by atoms with van der Waals surface area (Å²) in [4.78, 5) is 73.0. The predicted octanol–water partition coefficient (Wildman–Crippen LogP) is 23.4. The molecule has 0 aliphatic rings. The number of ether oxygens (including phenoxy) is 4. The summed E-state index contributed by atoms with van der Waals surface area (Å²) in [6, 6.07) is 0. The van der Waals surface area contributed by atoms with Gasteiger partial charge < -0.3 is 33.8 Å². The minimum Gasteiger partial charge on any atom is -0.462 e. The summed E-state index contributed by atoms with van der Waals surface area (Å²) >= 11 is 0. The van der Waals surface area contributed by atoms with Crippen LogP contribution in [0.2, 0.25) is 0 Å². The number of carbonyl (C=O) groups excluding carboxylic acids is 4. The van der Waals surface area contributed by atoms with Crippen molar-refractivity contribution in [1.82, 2.24) is 0 Å². The molecule has 0 aromatic heterocycles. The molecule has 0 aliphatic heterocycles. The maximum absolute atomic E-state index is 13.1. The number of aliphatic hydroxyl groups is 1. The van der Waals surface area contributed by atoms with Crippen molar-refractivity contribution < 1.29 is 80.2 Å². The van der Waals surface area contributed by atoms with E-state index >= 15 is 0 Å². The molecule has 0 bridgehead atoms. The van der Waals surface area contributed by atoms with Crippen LogP contribution in [0.15, 0.2) is 146 Å². The summed E-state index contributed by atoms with van der Waals surface area (Å²) in [5.74, 6) is -2.25. The van der Waals surface area contributed by atoms with Crippen molar-refractivity contribution in [2.75, 3.05) is 39.6 Å². The van der Waals surface area contributed by atoms with Crippen LogP contribution in [0.25, 0.3) is 0 Å². The Kier molecular flexibility index (Phi) is 72.4. The number of aliphatic hydroxyl groups excluding tert-OH is 1. The van der Waals surface area contributed by atoms with Crippen LogP contribution in [0, 0.1) is 0 Å². The third-order valence-corrected chi connectivity index (χ3v) is 18.2. The fourth-order valence-electron chi connectivity index (χ4n) is 10.3. The van der Waals surface area contributed by atoms with E-state index in [0.717, 1.165) is 205 Å². The number of carbonyl (C=O) groups is 4. The van der Waals surface area contributed by atoms with Gasteiger partial charge in [-0.15, -0.1) is 0 Å². The quantitative estimate of drug-likeness (QED) is 0.0169. The van der Waals surface area contributed by atoms with Crippen LogP contribution >= 0.6 is 15.6 Å². The molecular weight excluding hydrogens is 1350 g/mol. The number of phosphoric acid groups is 2. The third-order valence-electron chi connectivity index (χ3n) is 16.3. The van der Waals surface area contributed by atoms with Crippen LogP contribution in [0.5, 0.6) is 0 Å². The largest absolute Gasteiger partial charge is 0.472 e. The second-order valence-electron chi connectivity index (χ2n) is 26.2. The molecule has 0 radical (unpaired) electrons. The zero-order chi connectivity index (χ0) is 76.0. The van der Waals surface area contributed by atoms with Gasteiger partial charge in [0.1, 0.15) is 19.3 Å². The molecule has 0 spiro atoms. The second-order valence-corrected chi connectivity index (χ2v) is 29.1. The van der Waals surface area contributed by atoms with Gasteiger partial charge in [-0.3, -0.25) is 37.3 Å². The van der Waals surface area contributed by atoms with E-state index in [4.69, 9.17) is 37.0 Å². The molecular formula is C85H142O17P2. The Morgan fingerprint density at radius 2 is 0.500 bits per heavy atom. The molecule has 0 heterocycles. The minimum atomic E-state index is -4.99. The average Bonchev–Trinajstić information content (AvgIpc) is 0.911. The summed E-state index contributed by atoms with van der Waals surface area (Å²) in [5, 5.41) is 10.6. The van der Waals surface area contributed by atoms with Crippen LogP contribution in [0.3, 0.4) is 0 Å². The standard InChI is InChI=1S/C85H142O17P2/c1-5-9-13-17-21-25-29-33-36-38-39-41-43-47-50-54-58-62-66-70-83(88)96-76-81(102-85(90)72-68-64-60-56-52-48-44-40-37-34-30-26-22-18-14-10-6-2)78-100-104(93,94)98-74-79(86)73-97-103(91,92)99-77-80(101-84(89)71-67-63-59-55-51-45-32-28-24-20-16-12-8-4)75-95-82(87)69-65-61-57-53-49-46-42-35-31-27-23-19-15-11-7-3/h9-11,13-15,21-23,25-28,32-37,39,41-42,44,48,79-81,86H,5-8,12,16-20,24,29-31,38,40,43,45-47,49-78H2,1-4H3,(H,91,92)(H,93,94)/b13-9-,14-10-,15-11-,25-21-,26-22-,27-23-,32-28-,36-33-,37-34-,41-39-,42-35-,48-44-. The Hall–Kier alpha value is -5.06. The van der Waals surface area contributed by atoms with Gasteiger partial charge in [0.25, 0.3) is 0 Å². The van der Waals surface area contributed by atoms with Gasteiger partial charge in [-0.2, -0.15) is 0 Å². The first-order chi connectivity index (χ1) is 50.7. The molecule has 17 nitrogen and oxygen atoms in total. The van der Waals surface area contributed by atoms with Gasteiger partial charge in [-0.1, -0.05) is 270 Å². The van der Waals surface area contributed by atoms with Crippen LogP contribution in [0.1, 0.15) is 310 Å². The zero-order valence-electron chi connectivity index (χ0n) is 64.9. The molecule has 0 amide bonds. The first kappa shape index (κ1) is 98.9. The van der Waals surface area contributed by atoms with Gasteiger partial charge in [0.15, 0.2) is 12.2 Å². The topological polar surface area (TPSA) is 237 Å². The summed E-state index contributed by atoms with van der Waals surface area (Å²) in [6.07, 6.45) is 86.8. The Morgan fingerprint density at radius 3 is 0.779 bits per heavy atom. The predicted molar refractivity (Wildman–Crippen MR) is 427 cm³/mol. The van der Waals surface area contributed by atoms with Crippen molar-refractivity contribution in [2.45, 2.75) is 329 Å². The number of esters is 4. The second kappa shape index (κ2) is 76.1. The number of allylic oxidation sites excluding steroid dienone is 24. The summed E-state index contributed by atoms with van der Waals surface area (Å²) in [6.45, 7) is 4.46. The van der Waals surface area contributed by atoms with Gasteiger partial charge >= 0.3 is 39.5 Å². The van der Waals surface area contributed by atoms with E-state index in [9.17, 15) is 43.2 Å². The number of unbranched alkanes of at least 4 members (excludes halogenated alkanes) is 24. The fourth-order valence-corrected chi connectivity index (χ4v) is 11.8. The summed E-state index contributed by atoms with van der Waals surface area (Å²) < 4.78 is 68.6. The smallest absolute Gasteiger partial charge is 0.462 e. The fraction of sp³-hybridized carbons (Fsp3) is 0.671. The Morgan fingerprint density at radius 1 is 0.279 bits per heavy atom. The molecule has 0 aliphatic carbocycles. The monoisotopic (exact) mass is 1500 g/mol. The lowest BCUT2D eigenvalue weighted by Gasteiger charge is -2.21. The van der Waals surface area contributed by atoms with E-state index in [-0.39, 0.29) is 25.7 Å². The number of phosphoric ester groups is 2. The van der Waals surface area contributed by atoms with Crippen LogP contribution in [0.4, 0.5) is 0 Å². The van der Waals surface area contributed by atoms with Crippen molar-refractivity contribution >= 4 is 39.5 Å². The number of hydrogen-bond acceptors (Lipinski definition) is 15. The molecule has 5 atom stereocenters. The van der Waals surface area contributed by atoms with Crippen molar-refractivity contribution in [1.29, 1.82) is 0 Å². The highest BCUT2D eigenvalue weighted by molar-refractivity contribution is 7.47. The number of rotatable bonds is 74. The van der Waals surface area contributed by atoms with Crippen LogP contribution in [-0.4, -0.2) is 96.7 Å². The molecule has 594 valence electrons. The van der Waals surface area contributed by atoms with E-state index in [0.29, 0.717) is 25.7 Å². The summed E-state index contributed by atoms with van der Waals surface area (Å²) in [5.41, 5.74) is 0. The van der Waals surface area contributed by atoms with Crippen molar-refractivity contribution in [3.63, 3.8) is 0 Å². The summed E-state index contributed by atoms with van der Waals surface area (Å²) in [7, 11) is -9.98. The molecule has 5 unspecified atom stereocenters. The molecule has 0 saturated carbocycles. The highest BCUT2D eigenvalue weighted by atomic mass is 31.2. The van der Waals surface area contributed by atoms with Gasteiger partial charge in [0, 0.05) is 25.7 Å². The van der Waals surface area contributed by atoms with E-state index in [1.807, 2.05) is 0 Å². The normalized spacial score (nSPS) is 14.6. The van der Waals surface area contributed by atoms with E-state index in [2.05, 4.69) is 174 Å². The minimum absolute atomic E-state index is 0.0589. The van der Waals surface area contributed by atoms with E-state index in [1.54, 1.807) is 0 Å². The molecule has 0 rings (SSSR count). The van der Waals surface area contributed by atoms with E-state index in [1.165, 1.54) is 25.7 Å². The maximum Gasteiger partial charge on any atom is 0.472 e. The van der Waals surface area contributed by atoms with Crippen molar-refractivity contribution in [2.24, 2.45) is 0 Å². The SMILES string of the molecule is CC/C=C\C/C=C\C/C=C\C/C=C\CCCCCCCCC(=O)OCC(COP(=O)(O)OCC(O)COP(=O)(O)OCC(COC(=O)CCCCCCC/C=C\C/C=C\C/C=C\CC)OC(=O)CCCCCCC/C=C\CCCCCC)OC(=O)CCCCCC/C=C\C/C=C\C/C=C\C/C=C\CC. The maximum atomic E-state index is 13.1. The molecule has 0 aromatic carbocycles. The van der Waals surface area contributed by atoms with Crippen molar-refractivity contribution in [3.8, 4) is 0 Å². The number of hydrogen-bond donors (Lipinski definition) is 3. The zero-order valence-corrected chi connectivity index (χ0v) is 66.7. The Balaban J connectivity index is 5.41.